The number of hydrogen-bond donors (Lipinski definition) is 1. The second kappa shape index (κ2) is 9.35. The van der Waals surface area contributed by atoms with Gasteiger partial charge in [-0.2, -0.15) is 4.31 Å². The number of aromatic nitrogens is 2. The predicted molar refractivity (Wildman–Crippen MR) is 124 cm³/mol. The van der Waals surface area contributed by atoms with E-state index in [9.17, 15) is 13.2 Å². The first kappa shape index (κ1) is 22.4. The van der Waals surface area contributed by atoms with E-state index in [2.05, 4.69) is 15.5 Å². The summed E-state index contributed by atoms with van der Waals surface area (Å²) in [7, 11) is -3.88. The summed E-state index contributed by atoms with van der Waals surface area (Å²) in [6.45, 7) is 3.96. The number of carbonyl (C=O) groups excluding carboxylic acids is 1. The second-order valence-corrected chi connectivity index (χ2v) is 10.6. The van der Waals surface area contributed by atoms with Crippen molar-refractivity contribution in [1.29, 1.82) is 0 Å². The molecule has 0 unspecified atom stereocenters. The first-order chi connectivity index (χ1) is 15.3. The molecule has 3 aromatic heterocycles. The summed E-state index contributed by atoms with van der Waals surface area (Å²) in [6, 6.07) is 7.46. The Morgan fingerprint density at radius 2 is 2.16 bits per heavy atom. The van der Waals surface area contributed by atoms with Crippen molar-refractivity contribution in [3.8, 4) is 0 Å². The number of thiophene rings is 1. The highest BCUT2D eigenvalue weighted by atomic mass is 32.2. The Kier molecular flexibility index (Phi) is 6.54. The molecule has 0 bridgehead atoms. The Balaban J connectivity index is 1.53. The van der Waals surface area contributed by atoms with Crippen LogP contribution in [0.15, 0.2) is 45.3 Å². The maximum absolute atomic E-state index is 13.5. The van der Waals surface area contributed by atoms with Crippen LogP contribution < -0.4 is 5.32 Å². The average molecular weight is 473 g/mol. The number of sulfonamides is 1. The summed E-state index contributed by atoms with van der Waals surface area (Å²) in [5, 5.41) is 8.62. The lowest BCUT2D eigenvalue weighted by Crippen LogP contribution is -2.44. The minimum absolute atomic E-state index is 0.0479. The van der Waals surface area contributed by atoms with Crippen LogP contribution in [0.2, 0.25) is 0 Å². The number of amides is 1. The van der Waals surface area contributed by atoms with E-state index in [-0.39, 0.29) is 23.1 Å². The SMILES string of the molecule is Cc1ccnc(NC(=O)[C@H]2CCCN(S(=O)(=O)c3c(C)noc3/C=C/c3cccs3)C2)c1. The van der Waals surface area contributed by atoms with Crippen LogP contribution in [-0.2, 0) is 14.8 Å². The molecule has 1 aliphatic rings. The lowest BCUT2D eigenvalue weighted by molar-refractivity contribution is -0.120. The van der Waals surface area contributed by atoms with Crippen molar-refractivity contribution in [2.24, 2.45) is 5.92 Å². The third-order valence-corrected chi connectivity index (χ3v) is 8.16. The van der Waals surface area contributed by atoms with Gasteiger partial charge in [-0.05, 0) is 68.0 Å². The zero-order valence-corrected chi connectivity index (χ0v) is 19.4. The van der Waals surface area contributed by atoms with Gasteiger partial charge in [0.25, 0.3) is 0 Å². The summed E-state index contributed by atoms with van der Waals surface area (Å²) in [4.78, 5) is 18.0. The number of aryl methyl sites for hydroxylation is 2. The van der Waals surface area contributed by atoms with Gasteiger partial charge in [-0.1, -0.05) is 11.2 Å². The lowest BCUT2D eigenvalue weighted by atomic mass is 9.99. The fourth-order valence-corrected chi connectivity index (χ4v) is 6.07. The van der Waals surface area contributed by atoms with E-state index in [4.69, 9.17) is 4.52 Å². The molecule has 10 heteroatoms. The van der Waals surface area contributed by atoms with Crippen LogP contribution in [0.5, 0.6) is 0 Å². The molecule has 0 spiro atoms. The highest BCUT2D eigenvalue weighted by Crippen LogP contribution is 2.30. The molecule has 4 heterocycles. The zero-order chi connectivity index (χ0) is 22.7. The topological polar surface area (TPSA) is 105 Å². The third-order valence-electron chi connectivity index (χ3n) is 5.29. The molecule has 1 fully saturated rings. The standard InChI is InChI=1S/C22H24N4O4S2/c1-15-9-10-23-20(13-15)24-22(27)17-5-3-11-26(14-17)32(28,29)21-16(2)25-30-19(21)8-7-18-6-4-12-31-18/h4,6-10,12-13,17H,3,5,11,14H2,1-2H3,(H,23,24,27)/b8-7+/t17-/m0/s1. The Morgan fingerprint density at radius 3 is 2.91 bits per heavy atom. The van der Waals surface area contributed by atoms with Crippen molar-refractivity contribution >= 4 is 45.2 Å². The molecule has 1 saturated heterocycles. The normalized spacial score (nSPS) is 17.6. The van der Waals surface area contributed by atoms with Crippen molar-refractivity contribution in [2.75, 3.05) is 18.4 Å². The molecule has 0 saturated carbocycles. The number of pyridine rings is 1. The van der Waals surface area contributed by atoms with Gasteiger partial charge in [-0.3, -0.25) is 4.79 Å². The van der Waals surface area contributed by atoms with E-state index in [1.165, 1.54) is 15.6 Å². The van der Waals surface area contributed by atoms with Crippen LogP contribution >= 0.6 is 11.3 Å². The van der Waals surface area contributed by atoms with Crippen molar-refractivity contribution in [1.82, 2.24) is 14.4 Å². The number of nitrogens with zero attached hydrogens (tertiary/aromatic N) is 3. The fourth-order valence-electron chi connectivity index (χ4n) is 3.68. The Morgan fingerprint density at radius 1 is 1.31 bits per heavy atom. The van der Waals surface area contributed by atoms with Crippen molar-refractivity contribution < 1.29 is 17.7 Å². The van der Waals surface area contributed by atoms with E-state index in [0.717, 1.165) is 10.4 Å². The molecule has 0 aromatic carbocycles. The zero-order valence-electron chi connectivity index (χ0n) is 17.8. The molecule has 168 valence electrons. The molecule has 1 atom stereocenters. The fraction of sp³-hybridized carbons (Fsp3) is 0.318. The molecule has 1 N–H and O–H groups in total. The smallest absolute Gasteiger partial charge is 0.248 e. The number of rotatable bonds is 6. The Labute approximate surface area is 191 Å². The number of piperidine rings is 1. The van der Waals surface area contributed by atoms with Crippen molar-refractivity contribution in [3.05, 3.63) is 57.7 Å². The summed E-state index contributed by atoms with van der Waals surface area (Å²) >= 11 is 1.54. The highest BCUT2D eigenvalue weighted by Gasteiger charge is 2.37. The van der Waals surface area contributed by atoms with Gasteiger partial charge < -0.3 is 9.84 Å². The van der Waals surface area contributed by atoms with Gasteiger partial charge in [-0.15, -0.1) is 11.3 Å². The summed E-state index contributed by atoms with van der Waals surface area (Å²) in [6.07, 6.45) is 6.24. The van der Waals surface area contributed by atoms with Gasteiger partial charge in [0.15, 0.2) is 10.7 Å². The molecule has 0 aliphatic carbocycles. The van der Waals surface area contributed by atoms with Gasteiger partial charge in [0.05, 0.1) is 5.92 Å². The summed E-state index contributed by atoms with van der Waals surface area (Å²) in [5.41, 5.74) is 1.28. The van der Waals surface area contributed by atoms with Crippen LogP contribution in [0.3, 0.4) is 0 Å². The molecule has 1 aliphatic heterocycles. The largest absolute Gasteiger partial charge is 0.355 e. The lowest BCUT2D eigenvalue weighted by Gasteiger charge is -2.31. The minimum atomic E-state index is -3.88. The molecule has 8 nitrogen and oxygen atoms in total. The van der Waals surface area contributed by atoms with E-state index >= 15 is 0 Å². The predicted octanol–water partition coefficient (Wildman–Crippen LogP) is 3.96. The van der Waals surface area contributed by atoms with Crippen LogP contribution in [0.1, 0.15) is 34.7 Å². The number of hydrogen-bond acceptors (Lipinski definition) is 7. The third kappa shape index (κ3) is 4.82. The highest BCUT2D eigenvalue weighted by molar-refractivity contribution is 7.89. The van der Waals surface area contributed by atoms with Crippen LogP contribution in [0, 0.1) is 19.8 Å². The van der Waals surface area contributed by atoms with Crippen LogP contribution in [-0.4, -0.2) is 41.9 Å². The molecule has 3 aromatic rings. The van der Waals surface area contributed by atoms with Crippen LogP contribution in [0.4, 0.5) is 5.82 Å². The summed E-state index contributed by atoms with van der Waals surface area (Å²) < 4.78 is 33.6. The van der Waals surface area contributed by atoms with E-state index in [1.54, 1.807) is 31.3 Å². The van der Waals surface area contributed by atoms with Gasteiger partial charge in [0, 0.05) is 24.2 Å². The molecule has 0 radical (unpaired) electrons. The number of anilines is 1. The quantitative estimate of drug-likeness (QED) is 0.582. The van der Waals surface area contributed by atoms with Gasteiger partial charge in [0.1, 0.15) is 11.5 Å². The number of carbonyl (C=O) groups is 1. The molecule has 4 rings (SSSR count). The Bertz CT molecular complexity index is 1230. The van der Waals surface area contributed by atoms with E-state index in [1.807, 2.05) is 30.5 Å². The van der Waals surface area contributed by atoms with E-state index in [0.29, 0.717) is 30.9 Å². The first-order valence-electron chi connectivity index (χ1n) is 10.3. The average Bonchev–Trinajstić information content (AvgIpc) is 3.42. The maximum atomic E-state index is 13.5. The molecular weight excluding hydrogens is 448 g/mol. The van der Waals surface area contributed by atoms with Crippen molar-refractivity contribution in [3.63, 3.8) is 0 Å². The van der Waals surface area contributed by atoms with Crippen LogP contribution in [0.25, 0.3) is 12.2 Å². The second-order valence-electron chi connectivity index (χ2n) is 7.72. The Hall–Kier alpha value is -2.82. The van der Waals surface area contributed by atoms with Gasteiger partial charge >= 0.3 is 0 Å². The molecular formula is C22H24N4O4S2. The minimum Gasteiger partial charge on any atom is -0.355 e. The monoisotopic (exact) mass is 472 g/mol. The molecule has 32 heavy (non-hydrogen) atoms. The maximum Gasteiger partial charge on any atom is 0.248 e. The van der Waals surface area contributed by atoms with Gasteiger partial charge in [-0.25, -0.2) is 13.4 Å². The number of nitrogens with one attached hydrogen (secondary N) is 1. The van der Waals surface area contributed by atoms with Gasteiger partial charge in [0.2, 0.25) is 15.9 Å². The summed E-state index contributed by atoms with van der Waals surface area (Å²) in [5.74, 6) is -0.0498. The molecule has 1 amide bonds. The van der Waals surface area contributed by atoms with E-state index < -0.39 is 15.9 Å². The van der Waals surface area contributed by atoms with Crippen molar-refractivity contribution in [2.45, 2.75) is 31.6 Å². The first-order valence-corrected chi connectivity index (χ1v) is 12.6.